The van der Waals surface area contributed by atoms with Crippen LogP contribution in [-0.2, 0) is 4.79 Å². The molecule has 0 aliphatic carbocycles. The average Bonchev–Trinajstić information content (AvgIpc) is 3.26. The molecule has 1 aliphatic heterocycles. The van der Waals surface area contributed by atoms with Gasteiger partial charge in [-0.2, -0.15) is 0 Å². The Bertz CT molecular complexity index is 1420. The third-order valence-corrected chi connectivity index (χ3v) is 5.90. The zero-order valence-corrected chi connectivity index (χ0v) is 18.9. The molecule has 3 aromatic carbocycles. The number of benzene rings is 3. The van der Waals surface area contributed by atoms with Crippen molar-refractivity contribution in [3.8, 4) is 17.6 Å². The first kappa shape index (κ1) is 21.6. The number of carbonyl (C=O) groups excluding carboxylic acids is 1. The number of ketones is 1. The Labute approximate surface area is 198 Å². The number of fused-ring (bicyclic) bond motifs is 1. The summed E-state index contributed by atoms with van der Waals surface area (Å²) in [5, 5.41) is 10.8. The number of nitrogens with zero attached hydrogens (tertiary/aromatic N) is 4. The van der Waals surface area contributed by atoms with E-state index in [9.17, 15) is 9.90 Å². The van der Waals surface area contributed by atoms with Gasteiger partial charge in [-0.3, -0.25) is 14.6 Å². The summed E-state index contributed by atoms with van der Waals surface area (Å²) in [5.41, 5.74) is 4.47. The Balaban J connectivity index is 1.59. The fourth-order valence-corrected chi connectivity index (χ4v) is 4.22. The van der Waals surface area contributed by atoms with Crippen LogP contribution in [0.3, 0.4) is 0 Å². The van der Waals surface area contributed by atoms with E-state index in [1.165, 1.54) is 0 Å². The Morgan fingerprint density at radius 2 is 1.91 bits per heavy atom. The molecule has 168 valence electrons. The lowest BCUT2D eigenvalue weighted by Gasteiger charge is -2.26. The van der Waals surface area contributed by atoms with Crippen molar-refractivity contribution in [1.29, 1.82) is 0 Å². The van der Waals surface area contributed by atoms with Gasteiger partial charge in [-0.25, -0.2) is 9.97 Å². The number of para-hydroxylation sites is 1. The highest BCUT2D eigenvalue weighted by Gasteiger charge is 2.19. The van der Waals surface area contributed by atoms with Gasteiger partial charge in [0.15, 0.2) is 0 Å². The molecule has 0 atom stereocenters. The van der Waals surface area contributed by atoms with E-state index in [1.807, 2.05) is 61.5 Å². The zero-order chi connectivity index (χ0) is 23.5. The van der Waals surface area contributed by atoms with Crippen LogP contribution in [0.2, 0.25) is 0 Å². The molecule has 5 rings (SSSR count). The summed E-state index contributed by atoms with van der Waals surface area (Å²) in [6.07, 6.45) is 2.18. The van der Waals surface area contributed by atoms with Crippen LogP contribution in [0.1, 0.15) is 17.5 Å². The molecule has 4 aromatic rings. The molecule has 0 bridgehead atoms. The number of phenolic OH excluding ortho intramolecular Hbond substituents is 1. The van der Waals surface area contributed by atoms with Gasteiger partial charge in [0.05, 0.1) is 24.3 Å². The number of aromatic hydroxyl groups is 1. The Kier molecular flexibility index (Phi) is 5.94. The van der Waals surface area contributed by atoms with E-state index in [2.05, 4.69) is 31.6 Å². The van der Waals surface area contributed by atoms with Crippen LogP contribution in [-0.4, -0.2) is 45.4 Å². The van der Waals surface area contributed by atoms with Crippen LogP contribution in [0.15, 0.2) is 73.1 Å². The van der Waals surface area contributed by atoms with Crippen LogP contribution < -0.4 is 4.90 Å². The first-order valence-electron chi connectivity index (χ1n) is 11.2. The summed E-state index contributed by atoms with van der Waals surface area (Å²) in [5.74, 6) is 7.66. The van der Waals surface area contributed by atoms with Crippen molar-refractivity contribution in [1.82, 2.24) is 14.9 Å². The number of aryl methyl sites for hydroxylation is 1. The second kappa shape index (κ2) is 9.34. The van der Waals surface area contributed by atoms with E-state index in [-0.39, 0.29) is 11.5 Å². The van der Waals surface area contributed by atoms with Crippen molar-refractivity contribution in [3.63, 3.8) is 0 Å². The first-order chi connectivity index (χ1) is 16.6. The van der Waals surface area contributed by atoms with Crippen molar-refractivity contribution in [2.75, 3.05) is 24.5 Å². The number of anilines is 3. The van der Waals surface area contributed by atoms with Gasteiger partial charge < -0.3 is 5.11 Å². The molecule has 0 unspecified atom stereocenters. The standard InChI is InChI=1S/C28H24N4O2/c1-20-16-23(33)10-12-27(20)32(22-7-3-2-4-8-22)28-25-17-21(9-11-26(25)29-19-30-28)6-5-14-31-15-13-24(34)18-31/h2-4,7-12,16-17,19,33H,13-15,18H2,1H3. The second-order valence-electron chi connectivity index (χ2n) is 8.37. The number of aromatic nitrogens is 2. The maximum absolute atomic E-state index is 11.5. The summed E-state index contributed by atoms with van der Waals surface area (Å²) in [4.78, 5) is 24.8. The van der Waals surface area contributed by atoms with Crippen LogP contribution >= 0.6 is 0 Å². The van der Waals surface area contributed by atoms with Gasteiger partial charge in [0.2, 0.25) is 0 Å². The van der Waals surface area contributed by atoms with Crippen LogP contribution in [0.4, 0.5) is 17.2 Å². The van der Waals surface area contributed by atoms with Gasteiger partial charge in [0, 0.05) is 29.6 Å². The molecule has 0 radical (unpaired) electrons. The number of carbonyl (C=O) groups is 1. The molecule has 1 N–H and O–H groups in total. The highest BCUT2D eigenvalue weighted by atomic mass is 16.3. The average molecular weight is 449 g/mol. The van der Waals surface area contributed by atoms with Crippen molar-refractivity contribution in [2.45, 2.75) is 13.3 Å². The molecule has 1 aromatic heterocycles. The quantitative estimate of drug-likeness (QED) is 0.455. The van der Waals surface area contributed by atoms with Crippen molar-refractivity contribution in [2.24, 2.45) is 0 Å². The smallest absolute Gasteiger partial charge is 0.148 e. The Morgan fingerprint density at radius 3 is 2.68 bits per heavy atom. The molecule has 6 heteroatoms. The van der Waals surface area contributed by atoms with Gasteiger partial charge in [-0.1, -0.05) is 30.0 Å². The summed E-state index contributed by atoms with van der Waals surface area (Å²) in [6, 6.07) is 21.3. The fourth-order valence-electron chi connectivity index (χ4n) is 4.22. The highest BCUT2D eigenvalue weighted by molar-refractivity contribution is 5.95. The number of rotatable bonds is 4. The molecule has 1 aliphatic rings. The van der Waals surface area contributed by atoms with Crippen LogP contribution in [0.5, 0.6) is 5.75 Å². The molecule has 34 heavy (non-hydrogen) atoms. The molecule has 0 amide bonds. The van der Waals surface area contributed by atoms with E-state index in [1.54, 1.807) is 18.5 Å². The lowest BCUT2D eigenvalue weighted by atomic mass is 10.1. The van der Waals surface area contributed by atoms with Gasteiger partial charge in [-0.05, 0) is 61.0 Å². The zero-order valence-electron chi connectivity index (χ0n) is 18.9. The molecular formula is C28H24N4O2. The lowest BCUT2D eigenvalue weighted by Crippen LogP contribution is -2.20. The predicted molar refractivity (Wildman–Crippen MR) is 134 cm³/mol. The van der Waals surface area contributed by atoms with Gasteiger partial charge in [0.1, 0.15) is 23.7 Å². The van der Waals surface area contributed by atoms with Gasteiger partial charge in [-0.15, -0.1) is 0 Å². The van der Waals surface area contributed by atoms with Crippen molar-refractivity contribution >= 4 is 33.9 Å². The maximum atomic E-state index is 11.5. The molecule has 6 nitrogen and oxygen atoms in total. The third-order valence-electron chi connectivity index (χ3n) is 5.90. The maximum Gasteiger partial charge on any atom is 0.148 e. The van der Waals surface area contributed by atoms with E-state index < -0.39 is 0 Å². The number of likely N-dealkylation sites (tertiary alicyclic amines) is 1. The minimum atomic E-state index is 0.221. The molecule has 1 saturated heterocycles. The van der Waals surface area contributed by atoms with E-state index >= 15 is 0 Å². The predicted octanol–water partition coefficient (Wildman–Crippen LogP) is 4.74. The van der Waals surface area contributed by atoms with Crippen molar-refractivity contribution < 1.29 is 9.90 Å². The lowest BCUT2D eigenvalue weighted by molar-refractivity contribution is -0.116. The number of phenols is 1. The second-order valence-corrected chi connectivity index (χ2v) is 8.37. The van der Waals surface area contributed by atoms with E-state index in [0.29, 0.717) is 19.5 Å². The molecule has 0 saturated carbocycles. The normalized spacial score (nSPS) is 13.6. The third kappa shape index (κ3) is 4.47. The number of Topliss-reactive ketones (excluding diaryl/α,β-unsaturated/α-hetero) is 1. The largest absolute Gasteiger partial charge is 0.508 e. The summed E-state index contributed by atoms with van der Waals surface area (Å²) < 4.78 is 0. The summed E-state index contributed by atoms with van der Waals surface area (Å²) in [7, 11) is 0. The Hall–Kier alpha value is -4.21. The van der Waals surface area contributed by atoms with Crippen LogP contribution in [0.25, 0.3) is 10.9 Å². The van der Waals surface area contributed by atoms with E-state index in [4.69, 9.17) is 0 Å². The molecular weight excluding hydrogens is 424 g/mol. The highest BCUT2D eigenvalue weighted by Crippen LogP contribution is 2.39. The molecule has 1 fully saturated rings. The molecule has 0 spiro atoms. The minimum absolute atomic E-state index is 0.221. The monoisotopic (exact) mass is 448 g/mol. The topological polar surface area (TPSA) is 69.6 Å². The van der Waals surface area contributed by atoms with Gasteiger partial charge in [0.25, 0.3) is 0 Å². The number of hydrogen-bond acceptors (Lipinski definition) is 6. The Morgan fingerprint density at radius 1 is 1.06 bits per heavy atom. The van der Waals surface area contributed by atoms with E-state index in [0.717, 1.165) is 45.8 Å². The van der Waals surface area contributed by atoms with Crippen LogP contribution in [0, 0.1) is 18.8 Å². The SMILES string of the molecule is Cc1cc(O)ccc1N(c1ccccc1)c1ncnc2ccc(C#CCN3CCC(=O)C3)cc12. The summed E-state index contributed by atoms with van der Waals surface area (Å²) >= 11 is 0. The minimum Gasteiger partial charge on any atom is -0.508 e. The van der Waals surface area contributed by atoms with Crippen molar-refractivity contribution in [3.05, 3.63) is 84.2 Å². The summed E-state index contributed by atoms with van der Waals surface area (Å²) in [6.45, 7) is 3.81. The van der Waals surface area contributed by atoms with Gasteiger partial charge >= 0.3 is 0 Å². The molecule has 2 heterocycles. The first-order valence-corrected chi connectivity index (χ1v) is 11.2. The number of hydrogen-bond donors (Lipinski definition) is 1. The fraction of sp³-hybridized carbons (Fsp3) is 0.179.